The average Bonchev–Trinajstić information content (AvgIpc) is 2.57. The Morgan fingerprint density at radius 1 is 1.36 bits per heavy atom. The number of benzene rings is 1. The van der Waals surface area contributed by atoms with Crippen LogP contribution in [-0.4, -0.2) is 11.8 Å². The van der Waals surface area contributed by atoms with E-state index in [1.807, 2.05) is 13.0 Å². The standard InChI is InChI=1S/C10H10FN3/c1-10(7-12-14-13-10)6-8-4-2-3-5-9(8)11/h2-5,7H,6H2,1H3. The number of nitrogens with zero attached hydrogens (tertiary/aromatic N) is 3. The highest BCUT2D eigenvalue weighted by atomic mass is 19.1. The van der Waals surface area contributed by atoms with E-state index in [-0.39, 0.29) is 5.82 Å². The number of hydrogen-bond donors (Lipinski definition) is 0. The van der Waals surface area contributed by atoms with Crippen LogP contribution in [0.25, 0.3) is 0 Å². The van der Waals surface area contributed by atoms with E-state index in [2.05, 4.69) is 15.4 Å². The lowest BCUT2D eigenvalue weighted by Crippen LogP contribution is -2.24. The molecule has 72 valence electrons. The third kappa shape index (κ3) is 1.69. The maximum atomic E-state index is 13.3. The van der Waals surface area contributed by atoms with Crippen LogP contribution in [0.3, 0.4) is 0 Å². The fourth-order valence-electron chi connectivity index (χ4n) is 1.41. The predicted octanol–water partition coefficient (Wildman–Crippen LogP) is 2.58. The Kier molecular flexibility index (Phi) is 2.11. The quantitative estimate of drug-likeness (QED) is 0.689. The molecule has 4 heteroatoms. The minimum absolute atomic E-state index is 0.204. The van der Waals surface area contributed by atoms with Gasteiger partial charge in [-0.3, -0.25) is 0 Å². The van der Waals surface area contributed by atoms with Crippen LogP contribution in [0, 0.1) is 5.82 Å². The second-order valence-electron chi connectivity index (χ2n) is 3.56. The first-order chi connectivity index (χ1) is 6.70. The van der Waals surface area contributed by atoms with Gasteiger partial charge in [0.1, 0.15) is 11.4 Å². The number of hydrogen-bond acceptors (Lipinski definition) is 3. The van der Waals surface area contributed by atoms with Crippen LogP contribution in [0.4, 0.5) is 4.39 Å². The van der Waals surface area contributed by atoms with Gasteiger partial charge in [0.25, 0.3) is 0 Å². The van der Waals surface area contributed by atoms with Gasteiger partial charge in [0, 0.05) is 6.42 Å². The minimum Gasteiger partial charge on any atom is -0.207 e. The molecule has 0 spiro atoms. The van der Waals surface area contributed by atoms with Crippen molar-refractivity contribution in [2.75, 3.05) is 0 Å². The third-order valence-corrected chi connectivity index (χ3v) is 2.17. The van der Waals surface area contributed by atoms with Gasteiger partial charge in [-0.05, 0) is 23.8 Å². The second kappa shape index (κ2) is 3.29. The zero-order chi connectivity index (χ0) is 10.0. The van der Waals surface area contributed by atoms with Gasteiger partial charge in [-0.1, -0.05) is 18.2 Å². The molecule has 3 nitrogen and oxygen atoms in total. The van der Waals surface area contributed by atoms with Gasteiger partial charge in [0.2, 0.25) is 0 Å². The molecule has 1 unspecified atom stereocenters. The fraction of sp³-hybridized carbons (Fsp3) is 0.300. The summed E-state index contributed by atoms with van der Waals surface area (Å²) in [4.78, 5) is 0. The van der Waals surface area contributed by atoms with Crippen molar-refractivity contribution in [3.8, 4) is 0 Å². The van der Waals surface area contributed by atoms with Gasteiger partial charge in [-0.25, -0.2) is 4.39 Å². The largest absolute Gasteiger partial charge is 0.207 e. The van der Waals surface area contributed by atoms with Gasteiger partial charge >= 0.3 is 0 Å². The summed E-state index contributed by atoms with van der Waals surface area (Å²) in [6.45, 7) is 1.87. The van der Waals surface area contributed by atoms with E-state index in [0.29, 0.717) is 12.0 Å². The highest BCUT2D eigenvalue weighted by molar-refractivity contribution is 5.71. The predicted molar refractivity (Wildman–Crippen MR) is 51.9 cm³/mol. The highest BCUT2D eigenvalue weighted by Crippen LogP contribution is 2.21. The third-order valence-electron chi connectivity index (χ3n) is 2.17. The molecule has 14 heavy (non-hydrogen) atoms. The average molecular weight is 191 g/mol. The molecule has 2 rings (SSSR count). The van der Waals surface area contributed by atoms with Gasteiger partial charge in [-0.2, -0.15) is 5.11 Å². The number of rotatable bonds is 2. The normalized spacial score (nSPS) is 24.4. The molecule has 1 aliphatic heterocycles. The van der Waals surface area contributed by atoms with Gasteiger partial charge < -0.3 is 0 Å². The Bertz CT molecular complexity index is 386. The molecule has 1 heterocycles. The Morgan fingerprint density at radius 3 is 2.79 bits per heavy atom. The number of halogens is 1. The van der Waals surface area contributed by atoms with E-state index in [1.54, 1.807) is 18.3 Å². The van der Waals surface area contributed by atoms with Gasteiger partial charge in [0.15, 0.2) is 0 Å². The molecule has 1 aliphatic rings. The molecular formula is C10H10FN3. The van der Waals surface area contributed by atoms with Crippen LogP contribution in [0.5, 0.6) is 0 Å². The van der Waals surface area contributed by atoms with E-state index in [4.69, 9.17) is 0 Å². The summed E-state index contributed by atoms with van der Waals surface area (Å²) < 4.78 is 13.3. The van der Waals surface area contributed by atoms with Crippen LogP contribution >= 0.6 is 0 Å². The molecule has 0 bridgehead atoms. The van der Waals surface area contributed by atoms with Crippen molar-refractivity contribution in [3.05, 3.63) is 35.6 Å². The summed E-state index contributed by atoms with van der Waals surface area (Å²) in [5.74, 6) is -0.204. The van der Waals surface area contributed by atoms with Crippen molar-refractivity contribution in [1.82, 2.24) is 0 Å². The fourth-order valence-corrected chi connectivity index (χ4v) is 1.41. The van der Waals surface area contributed by atoms with Crippen LogP contribution in [-0.2, 0) is 6.42 Å². The first kappa shape index (κ1) is 8.99. The summed E-state index contributed by atoms with van der Waals surface area (Å²) in [7, 11) is 0. The molecule has 0 radical (unpaired) electrons. The lowest BCUT2D eigenvalue weighted by molar-refractivity contribution is 0.566. The molecule has 0 amide bonds. The van der Waals surface area contributed by atoms with E-state index < -0.39 is 5.54 Å². The monoisotopic (exact) mass is 191 g/mol. The Labute approximate surface area is 81.4 Å². The van der Waals surface area contributed by atoms with E-state index in [9.17, 15) is 4.39 Å². The van der Waals surface area contributed by atoms with Crippen LogP contribution in [0.1, 0.15) is 12.5 Å². The molecule has 0 saturated carbocycles. The molecule has 0 fully saturated rings. The van der Waals surface area contributed by atoms with Crippen LogP contribution < -0.4 is 0 Å². The maximum absolute atomic E-state index is 13.3. The van der Waals surface area contributed by atoms with Crippen molar-refractivity contribution in [3.63, 3.8) is 0 Å². The smallest absolute Gasteiger partial charge is 0.126 e. The summed E-state index contributed by atoms with van der Waals surface area (Å²) in [6.07, 6.45) is 2.13. The summed E-state index contributed by atoms with van der Waals surface area (Å²) >= 11 is 0. The van der Waals surface area contributed by atoms with E-state index in [1.165, 1.54) is 6.07 Å². The van der Waals surface area contributed by atoms with Crippen molar-refractivity contribution >= 4 is 6.21 Å². The first-order valence-electron chi connectivity index (χ1n) is 4.39. The lowest BCUT2D eigenvalue weighted by Gasteiger charge is -2.14. The van der Waals surface area contributed by atoms with Crippen molar-refractivity contribution in [2.45, 2.75) is 18.9 Å². The van der Waals surface area contributed by atoms with Crippen molar-refractivity contribution in [1.29, 1.82) is 0 Å². The summed E-state index contributed by atoms with van der Waals surface area (Å²) in [6, 6.07) is 6.68. The van der Waals surface area contributed by atoms with Crippen molar-refractivity contribution in [2.24, 2.45) is 15.4 Å². The van der Waals surface area contributed by atoms with E-state index >= 15 is 0 Å². The summed E-state index contributed by atoms with van der Waals surface area (Å²) in [5.41, 5.74) is 0.157. The van der Waals surface area contributed by atoms with Gasteiger partial charge in [-0.15, -0.1) is 5.10 Å². The molecule has 0 N–H and O–H groups in total. The molecule has 1 aromatic carbocycles. The topological polar surface area (TPSA) is 37.1 Å². The maximum Gasteiger partial charge on any atom is 0.126 e. The Balaban J connectivity index is 2.23. The molecule has 0 aliphatic carbocycles. The zero-order valence-electron chi connectivity index (χ0n) is 7.81. The molecule has 0 aromatic heterocycles. The first-order valence-corrected chi connectivity index (χ1v) is 4.39. The lowest BCUT2D eigenvalue weighted by atomic mass is 9.95. The van der Waals surface area contributed by atoms with E-state index in [0.717, 1.165) is 0 Å². The molecule has 0 saturated heterocycles. The Hall–Kier alpha value is -1.58. The summed E-state index contributed by atoms with van der Waals surface area (Å²) in [5, 5.41) is 11.1. The second-order valence-corrected chi connectivity index (χ2v) is 3.56. The highest BCUT2D eigenvalue weighted by Gasteiger charge is 2.26. The molecular weight excluding hydrogens is 181 g/mol. The zero-order valence-corrected chi connectivity index (χ0v) is 7.81. The molecule has 1 aromatic rings. The van der Waals surface area contributed by atoms with Crippen LogP contribution in [0.15, 0.2) is 39.7 Å². The van der Waals surface area contributed by atoms with Gasteiger partial charge in [0.05, 0.1) is 6.21 Å². The molecule has 1 atom stereocenters. The van der Waals surface area contributed by atoms with Crippen LogP contribution in [0.2, 0.25) is 0 Å². The van der Waals surface area contributed by atoms with Crippen molar-refractivity contribution < 1.29 is 4.39 Å². The Morgan fingerprint density at radius 2 is 2.14 bits per heavy atom. The minimum atomic E-state index is -0.484. The SMILES string of the molecule is CC1(Cc2ccccc2F)C=NN=N1.